The summed E-state index contributed by atoms with van der Waals surface area (Å²) in [6.45, 7) is 7.09. The molecule has 0 bridgehead atoms. The SMILES string of the molecule is CC(C(=O)N1CCN(c2ccc(F)cc2)CC1)C1CNC1. The molecule has 1 aromatic rings. The van der Waals surface area contributed by atoms with Crippen molar-refractivity contribution in [2.24, 2.45) is 11.8 Å². The molecular formula is C16H22FN3O. The highest BCUT2D eigenvalue weighted by molar-refractivity contribution is 5.79. The summed E-state index contributed by atoms with van der Waals surface area (Å²) in [7, 11) is 0. The van der Waals surface area contributed by atoms with E-state index in [0.29, 0.717) is 5.92 Å². The van der Waals surface area contributed by atoms with Crippen LogP contribution in [0.15, 0.2) is 24.3 Å². The lowest BCUT2D eigenvalue weighted by Gasteiger charge is -2.40. The molecule has 5 heteroatoms. The summed E-state index contributed by atoms with van der Waals surface area (Å²) in [6, 6.07) is 6.57. The average molecular weight is 291 g/mol. The van der Waals surface area contributed by atoms with Crippen LogP contribution in [0.5, 0.6) is 0 Å². The first-order valence-corrected chi connectivity index (χ1v) is 7.65. The summed E-state index contributed by atoms with van der Waals surface area (Å²) in [5, 5.41) is 3.22. The Labute approximate surface area is 124 Å². The van der Waals surface area contributed by atoms with E-state index in [2.05, 4.69) is 10.2 Å². The molecule has 2 fully saturated rings. The van der Waals surface area contributed by atoms with Crippen molar-refractivity contribution >= 4 is 11.6 Å². The molecule has 21 heavy (non-hydrogen) atoms. The van der Waals surface area contributed by atoms with Crippen LogP contribution in [0.2, 0.25) is 0 Å². The Morgan fingerprint density at radius 2 is 1.81 bits per heavy atom. The maximum Gasteiger partial charge on any atom is 0.225 e. The third-order valence-electron chi connectivity index (χ3n) is 4.69. The predicted octanol–water partition coefficient (Wildman–Crippen LogP) is 1.33. The summed E-state index contributed by atoms with van der Waals surface area (Å²) in [4.78, 5) is 16.6. The molecule has 1 aromatic carbocycles. The Morgan fingerprint density at radius 3 is 2.33 bits per heavy atom. The molecule has 2 aliphatic rings. The van der Waals surface area contributed by atoms with Crippen LogP contribution >= 0.6 is 0 Å². The Bertz CT molecular complexity index is 493. The second kappa shape index (κ2) is 6.02. The Hall–Kier alpha value is -1.62. The molecule has 0 radical (unpaired) electrons. The van der Waals surface area contributed by atoms with Crippen LogP contribution in [0.1, 0.15) is 6.92 Å². The smallest absolute Gasteiger partial charge is 0.225 e. The molecule has 1 atom stereocenters. The number of carbonyl (C=O) groups excluding carboxylic acids is 1. The number of carbonyl (C=O) groups is 1. The standard InChI is InChI=1S/C16H22FN3O/c1-12(13-10-18-11-13)16(21)20-8-6-19(7-9-20)15-4-2-14(17)3-5-15/h2-5,12-13,18H,6-11H2,1H3. The van der Waals surface area contributed by atoms with Gasteiger partial charge in [0.25, 0.3) is 0 Å². The summed E-state index contributed by atoms with van der Waals surface area (Å²) in [5.74, 6) is 0.673. The number of piperazine rings is 1. The van der Waals surface area contributed by atoms with E-state index in [4.69, 9.17) is 0 Å². The van der Waals surface area contributed by atoms with Gasteiger partial charge in [0.2, 0.25) is 5.91 Å². The molecule has 2 aliphatic heterocycles. The molecule has 4 nitrogen and oxygen atoms in total. The van der Waals surface area contributed by atoms with E-state index in [-0.39, 0.29) is 17.6 Å². The maximum atomic E-state index is 12.9. The fourth-order valence-electron chi connectivity index (χ4n) is 2.99. The van der Waals surface area contributed by atoms with E-state index in [1.165, 1.54) is 12.1 Å². The van der Waals surface area contributed by atoms with Crippen molar-refractivity contribution in [3.63, 3.8) is 0 Å². The maximum absolute atomic E-state index is 12.9. The van der Waals surface area contributed by atoms with Crippen molar-refractivity contribution in [2.75, 3.05) is 44.2 Å². The zero-order valence-electron chi connectivity index (χ0n) is 12.4. The van der Waals surface area contributed by atoms with E-state index < -0.39 is 0 Å². The van der Waals surface area contributed by atoms with Gasteiger partial charge in [-0.1, -0.05) is 6.92 Å². The molecule has 1 unspecified atom stereocenters. The van der Waals surface area contributed by atoms with E-state index in [0.717, 1.165) is 45.0 Å². The first-order chi connectivity index (χ1) is 10.1. The van der Waals surface area contributed by atoms with E-state index in [1.807, 2.05) is 11.8 Å². The van der Waals surface area contributed by atoms with Crippen LogP contribution in [-0.2, 0) is 4.79 Å². The minimum Gasteiger partial charge on any atom is -0.368 e. The monoisotopic (exact) mass is 291 g/mol. The van der Waals surface area contributed by atoms with Crippen LogP contribution in [0, 0.1) is 17.7 Å². The van der Waals surface area contributed by atoms with Gasteiger partial charge in [0.15, 0.2) is 0 Å². The van der Waals surface area contributed by atoms with Crippen molar-refractivity contribution < 1.29 is 9.18 Å². The first kappa shape index (κ1) is 14.3. The third-order valence-corrected chi connectivity index (χ3v) is 4.69. The van der Waals surface area contributed by atoms with Gasteiger partial charge >= 0.3 is 0 Å². The molecule has 0 spiro atoms. The normalized spacial score (nSPS) is 21.0. The van der Waals surface area contributed by atoms with Gasteiger partial charge in [-0.3, -0.25) is 4.79 Å². The van der Waals surface area contributed by atoms with Gasteiger partial charge in [-0.2, -0.15) is 0 Å². The quantitative estimate of drug-likeness (QED) is 0.912. The van der Waals surface area contributed by atoms with E-state index >= 15 is 0 Å². The molecule has 1 amide bonds. The lowest BCUT2D eigenvalue weighted by atomic mass is 9.88. The van der Waals surface area contributed by atoms with Crippen LogP contribution in [-0.4, -0.2) is 50.1 Å². The molecule has 0 aliphatic carbocycles. The van der Waals surface area contributed by atoms with Gasteiger partial charge in [0, 0.05) is 37.8 Å². The molecule has 0 saturated carbocycles. The van der Waals surface area contributed by atoms with Crippen molar-refractivity contribution in [2.45, 2.75) is 6.92 Å². The van der Waals surface area contributed by atoms with Gasteiger partial charge in [-0.25, -0.2) is 4.39 Å². The molecule has 3 rings (SSSR count). The van der Waals surface area contributed by atoms with Gasteiger partial charge in [-0.15, -0.1) is 0 Å². The number of rotatable bonds is 3. The van der Waals surface area contributed by atoms with Gasteiger partial charge in [0.1, 0.15) is 5.82 Å². The lowest BCUT2D eigenvalue weighted by Crippen LogP contribution is -2.54. The molecular weight excluding hydrogens is 269 g/mol. The lowest BCUT2D eigenvalue weighted by molar-refractivity contribution is -0.137. The minimum atomic E-state index is -0.213. The molecule has 0 aromatic heterocycles. The van der Waals surface area contributed by atoms with Crippen LogP contribution in [0.3, 0.4) is 0 Å². The number of benzene rings is 1. The Kier molecular flexibility index (Phi) is 4.10. The highest BCUT2D eigenvalue weighted by Gasteiger charge is 2.32. The second-order valence-electron chi connectivity index (χ2n) is 6.00. The average Bonchev–Trinajstić information content (AvgIpc) is 2.46. The summed E-state index contributed by atoms with van der Waals surface area (Å²) in [5.41, 5.74) is 1.03. The van der Waals surface area contributed by atoms with Crippen LogP contribution in [0.25, 0.3) is 0 Å². The van der Waals surface area contributed by atoms with Crippen molar-refractivity contribution in [1.29, 1.82) is 0 Å². The third kappa shape index (κ3) is 3.02. The van der Waals surface area contributed by atoms with E-state index in [1.54, 1.807) is 12.1 Å². The van der Waals surface area contributed by atoms with Crippen molar-refractivity contribution in [1.82, 2.24) is 10.2 Å². The van der Waals surface area contributed by atoms with E-state index in [9.17, 15) is 9.18 Å². The first-order valence-electron chi connectivity index (χ1n) is 7.65. The number of halogens is 1. The molecule has 2 saturated heterocycles. The number of anilines is 1. The van der Waals surface area contributed by atoms with Gasteiger partial charge in [0.05, 0.1) is 0 Å². The van der Waals surface area contributed by atoms with Crippen molar-refractivity contribution in [3.05, 3.63) is 30.1 Å². The topological polar surface area (TPSA) is 35.6 Å². The zero-order chi connectivity index (χ0) is 14.8. The number of hydrogen-bond acceptors (Lipinski definition) is 3. The van der Waals surface area contributed by atoms with Crippen LogP contribution in [0.4, 0.5) is 10.1 Å². The largest absolute Gasteiger partial charge is 0.368 e. The number of amides is 1. The fourth-order valence-corrected chi connectivity index (χ4v) is 2.99. The Morgan fingerprint density at radius 1 is 1.19 bits per heavy atom. The van der Waals surface area contributed by atoms with Gasteiger partial charge in [-0.05, 0) is 43.3 Å². The zero-order valence-corrected chi connectivity index (χ0v) is 12.4. The minimum absolute atomic E-state index is 0.114. The summed E-state index contributed by atoms with van der Waals surface area (Å²) < 4.78 is 12.9. The highest BCUT2D eigenvalue weighted by Crippen LogP contribution is 2.21. The van der Waals surface area contributed by atoms with Crippen LogP contribution < -0.4 is 10.2 Å². The molecule has 1 N–H and O–H groups in total. The summed E-state index contributed by atoms with van der Waals surface area (Å²) >= 11 is 0. The van der Waals surface area contributed by atoms with Gasteiger partial charge < -0.3 is 15.1 Å². The Balaban J connectivity index is 1.54. The summed E-state index contributed by atoms with van der Waals surface area (Å²) in [6.07, 6.45) is 0. The number of nitrogens with one attached hydrogen (secondary N) is 1. The fraction of sp³-hybridized carbons (Fsp3) is 0.562. The number of hydrogen-bond donors (Lipinski definition) is 1. The molecule has 114 valence electrons. The second-order valence-corrected chi connectivity index (χ2v) is 6.00. The predicted molar refractivity (Wildman–Crippen MR) is 80.7 cm³/mol. The van der Waals surface area contributed by atoms with Crippen molar-refractivity contribution in [3.8, 4) is 0 Å². The number of nitrogens with zero attached hydrogens (tertiary/aromatic N) is 2. The molecule has 2 heterocycles. The highest BCUT2D eigenvalue weighted by atomic mass is 19.1.